The van der Waals surface area contributed by atoms with Crippen LogP contribution in [0.3, 0.4) is 0 Å². The summed E-state index contributed by atoms with van der Waals surface area (Å²) < 4.78 is 15.1. The number of quaternary nitrogens is 2. The number of halogens is 1. The van der Waals surface area contributed by atoms with Gasteiger partial charge in [-0.25, -0.2) is 9.07 Å². The van der Waals surface area contributed by atoms with Gasteiger partial charge in [0.05, 0.1) is 12.6 Å². The van der Waals surface area contributed by atoms with Gasteiger partial charge in [-0.1, -0.05) is 25.5 Å². The molecule has 2 N–H and O–H groups in total. The van der Waals surface area contributed by atoms with Crippen molar-refractivity contribution >= 4 is 0 Å². The largest absolute Gasteiger partial charge is 0.323 e. The molecule has 4 rings (SSSR count). The fourth-order valence-corrected chi connectivity index (χ4v) is 5.15. The summed E-state index contributed by atoms with van der Waals surface area (Å²) in [5.74, 6) is 0.748. The second kappa shape index (κ2) is 9.09. The third-order valence-electron chi connectivity index (χ3n) is 6.73. The molecule has 1 aliphatic heterocycles. The van der Waals surface area contributed by atoms with Gasteiger partial charge in [-0.3, -0.25) is 0 Å². The van der Waals surface area contributed by atoms with Crippen LogP contribution in [0.2, 0.25) is 0 Å². The number of rotatable bonds is 6. The lowest BCUT2D eigenvalue weighted by atomic mass is 9.93. The van der Waals surface area contributed by atoms with Crippen LogP contribution in [0.1, 0.15) is 62.9 Å². The molecule has 2 aliphatic rings. The molecule has 7 heteroatoms. The number of nitrogens with one attached hydrogen (secondary N) is 2. The summed E-state index contributed by atoms with van der Waals surface area (Å²) in [6.07, 6.45) is 8.12. The van der Waals surface area contributed by atoms with Crippen LogP contribution in [0.25, 0.3) is 0 Å². The van der Waals surface area contributed by atoms with E-state index in [-0.39, 0.29) is 5.82 Å². The fraction of sp³-hybridized carbons (Fsp3) is 0.667. The van der Waals surface area contributed by atoms with Crippen LogP contribution >= 0.6 is 0 Å². The third-order valence-corrected chi connectivity index (χ3v) is 6.73. The predicted octanol–water partition coefficient (Wildman–Crippen LogP) is 0.428. The summed E-state index contributed by atoms with van der Waals surface area (Å²) in [6.45, 7) is 7.72. The van der Waals surface area contributed by atoms with Gasteiger partial charge in [-0.2, -0.15) is 0 Å². The lowest BCUT2D eigenvalue weighted by Gasteiger charge is -2.38. The molecular formula is C21H33FN6+2. The molecule has 1 saturated carbocycles. The smallest absolute Gasteiger partial charge is 0.209 e. The molecule has 2 heterocycles. The van der Waals surface area contributed by atoms with E-state index in [4.69, 9.17) is 0 Å². The Hall–Kier alpha value is -1.86. The van der Waals surface area contributed by atoms with Crippen molar-refractivity contribution in [2.75, 3.05) is 26.2 Å². The Morgan fingerprint density at radius 3 is 2.46 bits per heavy atom. The molecule has 1 atom stereocenters. The molecule has 1 aromatic carbocycles. The number of nitrogens with zero attached hydrogens (tertiary/aromatic N) is 4. The van der Waals surface area contributed by atoms with Crippen LogP contribution in [0.15, 0.2) is 24.3 Å². The van der Waals surface area contributed by atoms with Crippen molar-refractivity contribution in [2.45, 2.75) is 64.1 Å². The number of hydrogen-bond acceptors (Lipinski definition) is 3. The molecular weight excluding hydrogens is 355 g/mol. The minimum absolute atomic E-state index is 0.213. The van der Waals surface area contributed by atoms with Crippen molar-refractivity contribution in [3.8, 4) is 0 Å². The highest BCUT2D eigenvalue weighted by molar-refractivity contribution is 5.16. The van der Waals surface area contributed by atoms with Crippen molar-refractivity contribution in [2.24, 2.45) is 0 Å². The fourth-order valence-electron chi connectivity index (χ4n) is 5.15. The van der Waals surface area contributed by atoms with E-state index >= 15 is 0 Å². The highest BCUT2D eigenvalue weighted by Crippen LogP contribution is 2.16. The molecule has 0 spiro atoms. The Labute approximate surface area is 166 Å². The zero-order chi connectivity index (χ0) is 19.3. The van der Waals surface area contributed by atoms with Gasteiger partial charge in [0.2, 0.25) is 5.82 Å². The van der Waals surface area contributed by atoms with Crippen LogP contribution < -0.4 is 9.80 Å². The maximum atomic E-state index is 13.2. The van der Waals surface area contributed by atoms with E-state index in [1.54, 1.807) is 17.0 Å². The third kappa shape index (κ3) is 4.41. The second-order valence-corrected chi connectivity index (χ2v) is 8.43. The van der Waals surface area contributed by atoms with Gasteiger partial charge in [-0.15, -0.1) is 5.10 Å². The maximum Gasteiger partial charge on any atom is 0.209 e. The normalized spacial score (nSPS) is 24.9. The molecule has 6 nitrogen and oxygen atoms in total. The molecule has 1 aromatic heterocycles. The zero-order valence-corrected chi connectivity index (χ0v) is 16.9. The van der Waals surface area contributed by atoms with Gasteiger partial charge in [0, 0.05) is 6.42 Å². The standard InChI is InChI=1S/C21H31FN6/c1-2-20(27-14-12-26(13-15-27)19-6-4-3-5-7-19)21-23-24-25-28(21)16-17-8-10-18(22)11-9-17/h8-11,19-20H,2-7,12-16H2,1H3/p+2/t20-/m0/s1. The second-order valence-electron chi connectivity index (χ2n) is 8.43. The number of tetrazole rings is 1. The van der Waals surface area contributed by atoms with Gasteiger partial charge in [0.1, 0.15) is 38.0 Å². The number of benzene rings is 1. The average molecular weight is 389 g/mol. The molecule has 2 aromatic rings. The van der Waals surface area contributed by atoms with Gasteiger partial charge >= 0.3 is 0 Å². The molecule has 0 amide bonds. The highest BCUT2D eigenvalue weighted by atomic mass is 19.1. The van der Waals surface area contributed by atoms with E-state index in [1.807, 2.05) is 9.58 Å². The van der Waals surface area contributed by atoms with Crippen LogP contribution in [0.5, 0.6) is 0 Å². The van der Waals surface area contributed by atoms with E-state index in [1.165, 1.54) is 70.4 Å². The first-order valence-corrected chi connectivity index (χ1v) is 10.9. The van der Waals surface area contributed by atoms with Crippen LogP contribution in [0.4, 0.5) is 4.39 Å². The first kappa shape index (κ1) is 19.5. The Bertz CT molecular complexity index is 732. The van der Waals surface area contributed by atoms with Crippen molar-refractivity contribution in [3.05, 3.63) is 41.5 Å². The minimum atomic E-state index is -0.213. The topological polar surface area (TPSA) is 52.5 Å². The number of hydrogen-bond donors (Lipinski definition) is 2. The first-order valence-electron chi connectivity index (χ1n) is 10.9. The van der Waals surface area contributed by atoms with Crippen LogP contribution in [-0.4, -0.2) is 52.4 Å². The molecule has 0 radical (unpaired) electrons. The van der Waals surface area contributed by atoms with E-state index in [0.29, 0.717) is 12.6 Å². The predicted molar refractivity (Wildman–Crippen MR) is 105 cm³/mol. The molecule has 152 valence electrons. The van der Waals surface area contributed by atoms with E-state index < -0.39 is 0 Å². The summed E-state index contributed by atoms with van der Waals surface area (Å²) in [5, 5.41) is 12.6. The Kier molecular flexibility index (Phi) is 6.32. The van der Waals surface area contributed by atoms with Gasteiger partial charge < -0.3 is 9.80 Å². The highest BCUT2D eigenvalue weighted by Gasteiger charge is 2.35. The van der Waals surface area contributed by atoms with Crippen molar-refractivity contribution in [3.63, 3.8) is 0 Å². The van der Waals surface area contributed by atoms with Crippen LogP contribution in [-0.2, 0) is 6.54 Å². The van der Waals surface area contributed by atoms with E-state index in [0.717, 1.165) is 23.9 Å². The summed E-state index contributed by atoms with van der Waals surface area (Å²) in [4.78, 5) is 3.43. The lowest BCUT2D eigenvalue weighted by molar-refractivity contribution is -1.04. The first-order chi connectivity index (χ1) is 13.7. The molecule has 1 aliphatic carbocycles. The van der Waals surface area contributed by atoms with Gasteiger partial charge in [0.25, 0.3) is 0 Å². The summed E-state index contributed by atoms with van der Waals surface area (Å²) in [7, 11) is 0. The van der Waals surface area contributed by atoms with Gasteiger partial charge in [-0.05, 0) is 53.8 Å². The number of aromatic nitrogens is 4. The summed E-state index contributed by atoms with van der Waals surface area (Å²) in [5.41, 5.74) is 1.02. The average Bonchev–Trinajstić information content (AvgIpc) is 3.19. The monoisotopic (exact) mass is 388 g/mol. The molecule has 28 heavy (non-hydrogen) atoms. The molecule has 0 bridgehead atoms. The zero-order valence-electron chi connectivity index (χ0n) is 16.9. The Balaban J connectivity index is 1.40. The summed E-state index contributed by atoms with van der Waals surface area (Å²) >= 11 is 0. The SMILES string of the molecule is CC[C@@H](c1nnnn1Cc1ccc(F)cc1)[NH+]1CC[NH+](C2CCCCC2)CC1. The van der Waals surface area contributed by atoms with E-state index in [9.17, 15) is 4.39 Å². The molecule has 1 saturated heterocycles. The Morgan fingerprint density at radius 2 is 1.79 bits per heavy atom. The minimum Gasteiger partial charge on any atom is -0.323 e. The maximum absolute atomic E-state index is 13.2. The molecule has 0 unspecified atom stereocenters. The quantitative estimate of drug-likeness (QED) is 0.755. The summed E-state index contributed by atoms with van der Waals surface area (Å²) in [6, 6.07) is 7.81. The van der Waals surface area contributed by atoms with Crippen molar-refractivity contribution in [1.82, 2.24) is 20.2 Å². The lowest BCUT2D eigenvalue weighted by Crippen LogP contribution is -3.29. The van der Waals surface area contributed by atoms with Gasteiger partial charge in [0.15, 0.2) is 0 Å². The number of piperazine rings is 1. The molecule has 2 fully saturated rings. The van der Waals surface area contributed by atoms with Crippen LogP contribution in [0, 0.1) is 5.82 Å². The van der Waals surface area contributed by atoms with Crippen molar-refractivity contribution < 1.29 is 14.2 Å². The van der Waals surface area contributed by atoms with E-state index in [2.05, 4.69) is 22.4 Å². The Morgan fingerprint density at radius 1 is 1.07 bits per heavy atom. The van der Waals surface area contributed by atoms with Crippen molar-refractivity contribution in [1.29, 1.82) is 0 Å².